The van der Waals surface area contributed by atoms with Crippen molar-refractivity contribution in [3.05, 3.63) is 48.2 Å². The van der Waals surface area contributed by atoms with Gasteiger partial charge in [0.2, 0.25) is 17.6 Å². The molecule has 0 radical (unpaired) electrons. The molecule has 1 fully saturated rings. The van der Waals surface area contributed by atoms with Crippen molar-refractivity contribution in [1.29, 1.82) is 0 Å². The van der Waals surface area contributed by atoms with E-state index >= 15 is 0 Å². The van der Waals surface area contributed by atoms with Gasteiger partial charge in [0, 0.05) is 11.5 Å². The van der Waals surface area contributed by atoms with E-state index < -0.39 is 5.91 Å². The van der Waals surface area contributed by atoms with Crippen LogP contribution in [-0.2, 0) is 11.3 Å². The van der Waals surface area contributed by atoms with Gasteiger partial charge in [-0.25, -0.2) is 0 Å². The molecule has 1 aliphatic rings. The number of nitrogens with zero attached hydrogens (tertiary/aromatic N) is 3. The number of benzene rings is 1. The van der Waals surface area contributed by atoms with Gasteiger partial charge in [0.1, 0.15) is 6.26 Å². The molecule has 3 aromatic rings. The monoisotopic (exact) mass is 353 g/mol. The fourth-order valence-electron chi connectivity index (χ4n) is 2.27. The summed E-state index contributed by atoms with van der Waals surface area (Å²) in [6.45, 7) is 0.0509. The summed E-state index contributed by atoms with van der Waals surface area (Å²) in [6.07, 6.45) is 2.92. The molecule has 1 aliphatic carbocycles. The summed E-state index contributed by atoms with van der Waals surface area (Å²) in [5.41, 5.74) is 0.875. The largest absolute Gasteiger partial charge is 0.431 e. The van der Waals surface area contributed by atoms with Gasteiger partial charge in [0.15, 0.2) is 5.69 Å². The Labute approximate surface area is 147 Å². The first-order valence-corrected chi connectivity index (χ1v) is 8.11. The van der Waals surface area contributed by atoms with Crippen molar-refractivity contribution in [3.63, 3.8) is 0 Å². The molecule has 0 spiro atoms. The number of amides is 2. The summed E-state index contributed by atoms with van der Waals surface area (Å²) in [5, 5.41) is 9.03. The Morgan fingerprint density at radius 2 is 1.96 bits per heavy atom. The predicted octanol–water partition coefficient (Wildman–Crippen LogP) is 2.00. The third-order valence-electron chi connectivity index (χ3n) is 3.82. The predicted molar refractivity (Wildman–Crippen MR) is 88.8 cm³/mol. The van der Waals surface area contributed by atoms with Crippen LogP contribution in [0, 0.1) is 5.92 Å². The molecule has 0 unspecified atom stereocenters. The van der Waals surface area contributed by atoms with Crippen LogP contribution < -0.4 is 10.6 Å². The molecular weight excluding hydrogens is 338 g/mol. The molecule has 2 aromatic heterocycles. The van der Waals surface area contributed by atoms with Gasteiger partial charge in [0.25, 0.3) is 5.91 Å². The SMILES string of the molecule is O=C(NCc1nc(-c2ccccc2)no1)c1coc(NC(=O)C2CC2)n1. The van der Waals surface area contributed by atoms with Gasteiger partial charge in [-0.2, -0.15) is 9.97 Å². The first kappa shape index (κ1) is 16.0. The average Bonchev–Trinajstić information content (AvgIpc) is 3.24. The van der Waals surface area contributed by atoms with Gasteiger partial charge < -0.3 is 14.3 Å². The van der Waals surface area contributed by atoms with Crippen molar-refractivity contribution in [2.45, 2.75) is 19.4 Å². The number of nitrogens with one attached hydrogen (secondary N) is 2. The highest BCUT2D eigenvalue weighted by Crippen LogP contribution is 2.30. The maximum atomic E-state index is 12.1. The Morgan fingerprint density at radius 1 is 1.15 bits per heavy atom. The minimum absolute atomic E-state index is 0.0104. The van der Waals surface area contributed by atoms with E-state index in [0.717, 1.165) is 18.4 Å². The van der Waals surface area contributed by atoms with Crippen molar-refractivity contribution in [3.8, 4) is 11.4 Å². The fourth-order valence-corrected chi connectivity index (χ4v) is 2.27. The molecule has 26 heavy (non-hydrogen) atoms. The molecule has 2 N–H and O–H groups in total. The summed E-state index contributed by atoms with van der Waals surface area (Å²) in [7, 11) is 0. The van der Waals surface area contributed by atoms with Crippen molar-refractivity contribution in [2.75, 3.05) is 5.32 Å². The molecule has 0 saturated heterocycles. The van der Waals surface area contributed by atoms with Crippen molar-refractivity contribution in [1.82, 2.24) is 20.4 Å². The summed E-state index contributed by atoms with van der Waals surface area (Å²) < 4.78 is 10.2. The smallest absolute Gasteiger partial charge is 0.302 e. The van der Waals surface area contributed by atoms with E-state index in [0.29, 0.717) is 5.82 Å². The second-order valence-corrected chi connectivity index (χ2v) is 5.86. The van der Waals surface area contributed by atoms with Gasteiger partial charge in [-0.05, 0) is 12.8 Å². The second-order valence-electron chi connectivity index (χ2n) is 5.86. The Morgan fingerprint density at radius 3 is 2.73 bits per heavy atom. The van der Waals surface area contributed by atoms with E-state index in [1.807, 2.05) is 30.3 Å². The first-order chi connectivity index (χ1) is 12.7. The molecule has 1 aromatic carbocycles. The number of hydrogen-bond donors (Lipinski definition) is 2. The van der Waals surface area contributed by atoms with E-state index in [-0.39, 0.29) is 36.0 Å². The van der Waals surface area contributed by atoms with Crippen molar-refractivity contribution < 1.29 is 18.5 Å². The summed E-state index contributed by atoms with van der Waals surface area (Å²) in [4.78, 5) is 31.9. The van der Waals surface area contributed by atoms with Crippen LogP contribution in [-0.4, -0.2) is 26.9 Å². The fraction of sp³-hybridized carbons (Fsp3) is 0.235. The zero-order valence-corrected chi connectivity index (χ0v) is 13.6. The topological polar surface area (TPSA) is 123 Å². The summed E-state index contributed by atoms with van der Waals surface area (Å²) in [6, 6.07) is 9.37. The maximum absolute atomic E-state index is 12.1. The standard InChI is InChI=1S/C17H15N5O4/c23-15(11-6-7-11)21-17-19-12(9-25-17)16(24)18-8-13-20-14(22-26-13)10-4-2-1-3-5-10/h1-5,9,11H,6-8H2,(H,18,24)(H,19,21,23). The van der Waals surface area contributed by atoms with Gasteiger partial charge >= 0.3 is 6.01 Å². The molecule has 0 aliphatic heterocycles. The zero-order valence-electron chi connectivity index (χ0n) is 13.6. The molecule has 2 heterocycles. The number of anilines is 1. The average molecular weight is 353 g/mol. The molecule has 132 valence electrons. The van der Waals surface area contributed by atoms with Crippen molar-refractivity contribution >= 4 is 17.8 Å². The molecule has 2 amide bonds. The van der Waals surface area contributed by atoms with Crippen LogP contribution in [0.3, 0.4) is 0 Å². The lowest BCUT2D eigenvalue weighted by Crippen LogP contribution is -2.23. The van der Waals surface area contributed by atoms with Crippen LogP contribution in [0.4, 0.5) is 6.01 Å². The quantitative estimate of drug-likeness (QED) is 0.694. The summed E-state index contributed by atoms with van der Waals surface area (Å²) in [5.74, 6) is 0.123. The Hall–Kier alpha value is -3.49. The molecule has 4 rings (SSSR count). The molecule has 9 nitrogen and oxygen atoms in total. The number of aromatic nitrogens is 3. The van der Waals surface area contributed by atoms with Crippen LogP contribution in [0.25, 0.3) is 11.4 Å². The van der Waals surface area contributed by atoms with E-state index in [4.69, 9.17) is 8.94 Å². The Balaban J connectivity index is 1.33. The van der Waals surface area contributed by atoms with Crippen LogP contribution in [0.15, 0.2) is 45.5 Å². The molecular formula is C17H15N5O4. The number of carbonyl (C=O) groups excluding carboxylic acids is 2. The zero-order chi connectivity index (χ0) is 17.9. The van der Waals surface area contributed by atoms with E-state index in [1.54, 1.807) is 0 Å². The van der Waals surface area contributed by atoms with Gasteiger partial charge in [-0.1, -0.05) is 35.5 Å². The van der Waals surface area contributed by atoms with E-state index in [9.17, 15) is 9.59 Å². The van der Waals surface area contributed by atoms with Crippen LogP contribution in [0.5, 0.6) is 0 Å². The highest BCUT2D eigenvalue weighted by Gasteiger charge is 2.30. The van der Waals surface area contributed by atoms with Crippen LogP contribution >= 0.6 is 0 Å². The highest BCUT2D eigenvalue weighted by molar-refractivity contribution is 5.94. The van der Waals surface area contributed by atoms with E-state index in [2.05, 4.69) is 25.8 Å². The lowest BCUT2D eigenvalue weighted by atomic mass is 10.2. The molecule has 1 saturated carbocycles. The number of hydrogen-bond acceptors (Lipinski definition) is 7. The van der Waals surface area contributed by atoms with Crippen molar-refractivity contribution in [2.24, 2.45) is 5.92 Å². The third kappa shape index (κ3) is 3.61. The molecule has 9 heteroatoms. The lowest BCUT2D eigenvalue weighted by Gasteiger charge is -1.98. The number of carbonyl (C=O) groups is 2. The Bertz CT molecular complexity index is 930. The van der Waals surface area contributed by atoms with Crippen LogP contribution in [0.2, 0.25) is 0 Å². The third-order valence-corrected chi connectivity index (χ3v) is 3.82. The highest BCUT2D eigenvalue weighted by atomic mass is 16.5. The number of oxazole rings is 1. The summed E-state index contributed by atoms with van der Waals surface area (Å²) >= 11 is 0. The number of rotatable bonds is 6. The van der Waals surface area contributed by atoms with Crippen LogP contribution in [0.1, 0.15) is 29.2 Å². The van der Waals surface area contributed by atoms with Gasteiger partial charge in [0.05, 0.1) is 6.54 Å². The Kier molecular flexibility index (Phi) is 4.18. The van der Waals surface area contributed by atoms with E-state index in [1.165, 1.54) is 6.26 Å². The molecule has 0 atom stereocenters. The second kappa shape index (κ2) is 6.79. The minimum Gasteiger partial charge on any atom is -0.431 e. The maximum Gasteiger partial charge on any atom is 0.302 e. The molecule has 0 bridgehead atoms. The lowest BCUT2D eigenvalue weighted by molar-refractivity contribution is -0.117. The normalized spacial score (nSPS) is 13.4. The van der Waals surface area contributed by atoms with Gasteiger partial charge in [-0.3, -0.25) is 14.9 Å². The van der Waals surface area contributed by atoms with Gasteiger partial charge in [-0.15, -0.1) is 0 Å². The minimum atomic E-state index is -0.472. The first-order valence-electron chi connectivity index (χ1n) is 8.11.